The Labute approximate surface area is 208 Å². The number of allylic oxidation sites excluding steroid dienone is 1. The van der Waals surface area contributed by atoms with E-state index in [1.54, 1.807) is 50.3 Å². The van der Waals surface area contributed by atoms with E-state index in [1.165, 1.54) is 29.7 Å². The van der Waals surface area contributed by atoms with Crippen LogP contribution >= 0.6 is 11.3 Å². The van der Waals surface area contributed by atoms with Crippen LogP contribution in [0.25, 0.3) is 6.08 Å². The fourth-order valence-corrected chi connectivity index (χ4v) is 4.92. The zero-order valence-electron chi connectivity index (χ0n) is 19.6. The van der Waals surface area contributed by atoms with Gasteiger partial charge in [-0.1, -0.05) is 35.6 Å². The minimum Gasteiger partial charge on any atom is -0.463 e. The van der Waals surface area contributed by atoms with E-state index >= 15 is 0 Å². The number of rotatable bonds is 6. The highest BCUT2D eigenvalue weighted by Crippen LogP contribution is 2.31. The Morgan fingerprint density at radius 2 is 1.94 bits per heavy atom. The Bertz CT molecular complexity index is 1580. The van der Waals surface area contributed by atoms with Crippen molar-refractivity contribution in [3.8, 4) is 5.75 Å². The van der Waals surface area contributed by atoms with Gasteiger partial charge in [-0.2, -0.15) is 0 Å². The van der Waals surface area contributed by atoms with Crippen molar-refractivity contribution in [2.24, 2.45) is 4.99 Å². The predicted octanol–water partition coefficient (Wildman–Crippen LogP) is 2.63. The van der Waals surface area contributed by atoms with Crippen LogP contribution in [0, 0.1) is 10.1 Å². The molecular weight excluding hydrogens is 486 g/mol. The van der Waals surface area contributed by atoms with Crippen LogP contribution in [0.2, 0.25) is 0 Å². The summed E-state index contributed by atoms with van der Waals surface area (Å²) in [6.07, 6.45) is 1.56. The number of hydrogen-bond acceptors (Lipinski definition) is 9. The first-order chi connectivity index (χ1) is 17.2. The Hall–Kier alpha value is -4.38. The first-order valence-corrected chi connectivity index (χ1v) is 11.7. The third kappa shape index (κ3) is 4.86. The van der Waals surface area contributed by atoms with E-state index in [9.17, 15) is 24.5 Å². The standard InChI is InChI=1S/C25H21N3O7S/c1-4-34-24(31)21-14(2)26-25-27(22(21)17-8-10-19(11-9-17)35-15(3)29)23(30)20(36-25)13-16-6-5-7-18(12-16)28(32)33/h5-13,22H,4H2,1-3H3/b20-13+/t22-/m0/s1. The highest BCUT2D eigenvalue weighted by molar-refractivity contribution is 7.07. The first kappa shape index (κ1) is 24.7. The minimum atomic E-state index is -0.834. The van der Waals surface area contributed by atoms with Crippen LogP contribution in [0.1, 0.15) is 37.9 Å². The molecule has 2 aromatic carbocycles. The van der Waals surface area contributed by atoms with E-state index < -0.39 is 28.5 Å². The van der Waals surface area contributed by atoms with Gasteiger partial charge in [-0.05, 0) is 43.2 Å². The van der Waals surface area contributed by atoms with Crippen molar-refractivity contribution in [1.29, 1.82) is 0 Å². The lowest BCUT2D eigenvalue weighted by molar-refractivity contribution is -0.384. The number of carbonyl (C=O) groups excluding carboxylic acids is 2. The zero-order chi connectivity index (χ0) is 26.0. The van der Waals surface area contributed by atoms with Crippen LogP contribution in [-0.4, -0.2) is 28.0 Å². The van der Waals surface area contributed by atoms with Gasteiger partial charge in [-0.15, -0.1) is 0 Å². The zero-order valence-corrected chi connectivity index (χ0v) is 20.4. The van der Waals surface area contributed by atoms with E-state index in [1.807, 2.05) is 0 Å². The second-order valence-electron chi connectivity index (χ2n) is 7.82. The predicted molar refractivity (Wildman–Crippen MR) is 131 cm³/mol. The van der Waals surface area contributed by atoms with Crippen LogP contribution < -0.4 is 19.6 Å². The molecule has 0 saturated carbocycles. The molecular formula is C25H21N3O7S. The topological polar surface area (TPSA) is 130 Å². The van der Waals surface area contributed by atoms with Crippen LogP contribution in [0.15, 0.2) is 69.6 Å². The van der Waals surface area contributed by atoms with Gasteiger partial charge in [0, 0.05) is 19.1 Å². The summed E-state index contributed by atoms with van der Waals surface area (Å²) in [6.45, 7) is 4.79. The molecule has 0 radical (unpaired) electrons. The summed E-state index contributed by atoms with van der Waals surface area (Å²) >= 11 is 1.11. The molecule has 1 atom stereocenters. The van der Waals surface area contributed by atoms with Gasteiger partial charge in [-0.25, -0.2) is 9.79 Å². The SMILES string of the molecule is CCOC(=O)C1=C(C)N=c2s/c(=C/c3cccc([N+](=O)[O-])c3)c(=O)n2[C@H]1c1ccc(OC(C)=O)cc1. The molecule has 1 aliphatic rings. The molecule has 0 spiro atoms. The molecule has 11 heteroatoms. The van der Waals surface area contributed by atoms with E-state index in [2.05, 4.69) is 4.99 Å². The molecule has 3 aromatic rings. The maximum atomic E-state index is 13.6. The number of aromatic nitrogens is 1. The smallest absolute Gasteiger partial charge is 0.338 e. The Morgan fingerprint density at radius 1 is 1.22 bits per heavy atom. The molecule has 10 nitrogen and oxygen atoms in total. The van der Waals surface area contributed by atoms with Crippen LogP contribution in [-0.2, 0) is 14.3 Å². The fourth-order valence-electron chi connectivity index (χ4n) is 3.87. The van der Waals surface area contributed by atoms with Crippen molar-refractivity contribution in [1.82, 2.24) is 4.57 Å². The van der Waals surface area contributed by atoms with Crippen LogP contribution in [0.3, 0.4) is 0 Å². The number of nitrogens with zero attached hydrogens (tertiary/aromatic N) is 3. The molecule has 0 unspecified atom stereocenters. The third-order valence-corrected chi connectivity index (χ3v) is 6.34. The summed E-state index contributed by atoms with van der Waals surface area (Å²) in [6, 6.07) is 11.6. The van der Waals surface area contributed by atoms with Crippen molar-refractivity contribution < 1.29 is 24.0 Å². The molecule has 36 heavy (non-hydrogen) atoms. The molecule has 2 heterocycles. The molecule has 0 N–H and O–H groups in total. The second kappa shape index (κ2) is 10.1. The quantitative estimate of drug-likeness (QED) is 0.217. The first-order valence-electron chi connectivity index (χ1n) is 10.9. The molecule has 4 rings (SSSR count). The van der Waals surface area contributed by atoms with Crippen molar-refractivity contribution >= 4 is 35.0 Å². The van der Waals surface area contributed by atoms with Crippen molar-refractivity contribution in [3.63, 3.8) is 0 Å². The summed E-state index contributed by atoms with van der Waals surface area (Å²) in [7, 11) is 0. The van der Waals surface area contributed by atoms with Gasteiger partial charge in [0.2, 0.25) is 0 Å². The average Bonchev–Trinajstić information content (AvgIpc) is 3.13. The van der Waals surface area contributed by atoms with Crippen LogP contribution in [0.4, 0.5) is 5.69 Å². The highest BCUT2D eigenvalue weighted by atomic mass is 32.1. The Kier molecular flexibility index (Phi) is 6.93. The number of carbonyl (C=O) groups is 2. The fraction of sp³-hybridized carbons (Fsp3) is 0.200. The third-order valence-electron chi connectivity index (χ3n) is 5.35. The largest absolute Gasteiger partial charge is 0.463 e. The summed E-state index contributed by atoms with van der Waals surface area (Å²) < 4.78 is 12.1. The number of non-ortho nitro benzene ring substituents is 1. The number of nitro groups is 1. The number of esters is 2. The second-order valence-corrected chi connectivity index (χ2v) is 8.83. The molecule has 0 bridgehead atoms. The number of thiazole rings is 1. The number of benzene rings is 2. The highest BCUT2D eigenvalue weighted by Gasteiger charge is 2.33. The van der Waals surface area contributed by atoms with Crippen molar-refractivity contribution in [2.45, 2.75) is 26.8 Å². The van der Waals surface area contributed by atoms with Gasteiger partial charge in [0.1, 0.15) is 5.75 Å². The van der Waals surface area contributed by atoms with Crippen molar-refractivity contribution in [2.75, 3.05) is 6.61 Å². The summed E-state index contributed by atoms with van der Waals surface area (Å²) in [5.41, 5.74) is 1.19. The summed E-state index contributed by atoms with van der Waals surface area (Å²) in [5, 5.41) is 11.1. The molecule has 0 amide bonds. The molecule has 184 valence electrons. The lowest BCUT2D eigenvalue weighted by atomic mass is 9.96. The van der Waals surface area contributed by atoms with Gasteiger partial charge < -0.3 is 9.47 Å². The van der Waals surface area contributed by atoms with Gasteiger partial charge in [-0.3, -0.25) is 24.3 Å². The maximum absolute atomic E-state index is 13.6. The number of fused-ring (bicyclic) bond motifs is 1. The number of ether oxygens (including phenoxy) is 2. The molecule has 1 aromatic heterocycles. The van der Waals surface area contributed by atoms with Crippen molar-refractivity contribution in [3.05, 3.63) is 101 Å². The van der Waals surface area contributed by atoms with E-state index in [-0.39, 0.29) is 17.9 Å². The van der Waals surface area contributed by atoms with Crippen LogP contribution in [0.5, 0.6) is 5.75 Å². The molecule has 0 fully saturated rings. The molecule has 0 aliphatic carbocycles. The minimum absolute atomic E-state index is 0.0947. The van der Waals surface area contributed by atoms with Gasteiger partial charge in [0.05, 0.1) is 33.4 Å². The number of hydrogen-bond donors (Lipinski definition) is 0. The van der Waals surface area contributed by atoms with Gasteiger partial charge in [0.25, 0.3) is 11.2 Å². The summed E-state index contributed by atoms with van der Waals surface area (Å²) in [5.74, 6) is -0.747. The maximum Gasteiger partial charge on any atom is 0.338 e. The Balaban J connectivity index is 1.90. The summed E-state index contributed by atoms with van der Waals surface area (Å²) in [4.78, 5) is 53.3. The molecule has 0 saturated heterocycles. The normalized spacial score (nSPS) is 15.2. The number of nitro benzene ring substituents is 1. The van der Waals surface area contributed by atoms with E-state index in [0.717, 1.165) is 11.3 Å². The Morgan fingerprint density at radius 3 is 2.58 bits per heavy atom. The van der Waals surface area contributed by atoms with E-state index in [0.29, 0.717) is 31.9 Å². The lowest BCUT2D eigenvalue weighted by Gasteiger charge is -2.24. The lowest BCUT2D eigenvalue weighted by Crippen LogP contribution is -2.39. The molecule has 1 aliphatic heterocycles. The van der Waals surface area contributed by atoms with E-state index in [4.69, 9.17) is 9.47 Å². The van der Waals surface area contributed by atoms with Gasteiger partial charge >= 0.3 is 11.9 Å². The average molecular weight is 508 g/mol. The monoisotopic (exact) mass is 507 g/mol. The van der Waals surface area contributed by atoms with Gasteiger partial charge in [0.15, 0.2) is 4.80 Å².